The lowest BCUT2D eigenvalue weighted by atomic mass is 10.1. The molecule has 0 N–H and O–H groups in total. The van der Waals surface area contributed by atoms with Crippen molar-refractivity contribution >= 4 is 23.4 Å². The molecule has 2 aromatic heterocycles. The van der Waals surface area contributed by atoms with Gasteiger partial charge in [0.1, 0.15) is 10.9 Å². The average molecular weight is 399 g/mol. The Morgan fingerprint density at radius 2 is 2.11 bits per heavy atom. The number of hydrogen-bond donors (Lipinski definition) is 0. The summed E-state index contributed by atoms with van der Waals surface area (Å²) < 4.78 is 2.08. The Kier molecular flexibility index (Phi) is 6.40. The van der Waals surface area contributed by atoms with Gasteiger partial charge < -0.3 is 4.57 Å². The summed E-state index contributed by atoms with van der Waals surface area (Å²) in [6.45, 7) is 4.96. The first-order valence-corrected chi connectivity index (χ1v) is 9.71. The summed E-state index contributed by atoms with van der Waals surface area (Å²) in [6.07, 6.45) is 1.77. The number of hydrogen-bond acceptors (Lipinski definition) is 4. The molecule has 0 bridgehead atoms. The van der Waals surface area contributed by atoms with E-state index in [9.17, 15) is 0 Å². The van der Waals surface area contributed by atoms with Gasteiger partial charge in [0.05, 0.1) is 24.5 Å². The van der Waals surface area contributed by atoms with Gasteiger partial charge in [-0.2, -0.15) is 0 Å². The third kappa shape index (κ3) is 4.83. The molecule has 0 spiro atoms. The summed E-state index contributed by atoms with van der Waals surface area (Å²) in [6, 6.07) is 13.6. The number of pyridine rings is 1. The van der Waals surface area contributed by atoms with Crippen LogP contribution in [0.25, 0.3) is 10.4 Å². The second-order valence-corrected chi connectivity index (χ2v) is 7.73. The second kappa shape index (κ2) is 8.95. The molecule has 1 aromatic carbocycles. The van der Waals surface area contributed by atoms with E-state index in [1.165, 1.54) is 0 Å². The van der Waals surface area contributed by atoms with Crippen molar-refractivity contribution in [1.29, 1.82) is 0 Å². The Bertz CT molecular complexity index is 964. The maximum Gasteiger partial charge on any atom is 0.116 e. The molecule has 8 heteroatoms. The summed E-state index contributed by atoms with van der Waals surface area (Å²) in [5.41, 5.74) is 10.6. The van der Waals surface area contributed by atoms with Crippen LogP contribution in [0.1, 0.15) is 37.0 Å². The molecular weight excluding hydrogens is 380 g/mol. The molecule has 0 atom stereocenters. The monoisotopic (exact) mass is 398 g/mol. The normalized spacial score (nSPS) is 10.8. The van der Waals surface area contributed by atoms with E-state index in [4.69, 9.17) is 22.1 Å². The number of aromatic nitrogens is 3. The number of rotatable bonds is 7. The van der Waals surface area contributed by atoms with E-state index < -0.39 is 0 Å². The minimum Gasteiger partial charge on any atom is -0.316 e. The van der Waals surface area contributed by atoms with Gasteiger partial charge in [0.25, 0.3) is 0 Å². The molecule has 2 heterocycles. The highest BCUT2D eigenvalue weighted by Gasteiger charge is 2.20. The summed E-state index contributed by atoms with van der Waals surface area (Å²) in [7, 11) is 0. The van der Waals surface area contributed by atoms with Crippen LogP contribution < -0.4 is 0 Å². The average Bonchev–Trinajstić information content (AvgIpc) is 2.98. The van der Waals surface area contributed by atoms with Crippen LogP contribution in [0.4, 0.5) is 0 Å². The SMILES string of the molecule is CC(C)c1nc(CN=[N+]=[N-])n(Cc2ccccn2)c1Sc1cccc(Cl)c1. The molecule has 138 valence electrons. The third-order valence-corrected chi connectivity index (χ3v) is 5.25. The quantitative estimate of drug-likeness (QED) is 0.275. The molecule has 6 nitrogen and oxygen atoms in total. The minimum absolute atomic E-state index is 0.194. The summed E-state index contributed by atoms with van der Waals surface area (Å²) in [5.74, 6) is 0.952. The van der Waals surface area contributed by atoms with Gasteiger partial charge in [-0.05, 0) is 41.8 Å². The standard InChI is InChI=1S/C19H19ClN6S/c1-13(2)18-19(27-16-8-5-6-14(20)10-16)26(17(24-18)11-23-25-21)12-15-7-3-4-9-22-15/h3-10,13H,11-12H2,1-2H3. The van der Waals surface area contributed by atoms with Crippen LogP contribution in [0.2, 0.25) is 5.02 Å². The zero-order valence-corrected chi connectivity index (χ0v) is 16.7. The molecule has 3 aromatic rings. The molecule has 0 fully saturated rings. The smallest absolute Gasteiger partial charge is 0.116 e. The number of halogens is 1. The van der Waals surface area contributed by atoms with E-state index in [-0.39, 0.29) is 12.5 Å². The molecule has 0 aliphatic rings. The largest absolute Gasteiger partial charge is 0.316 e. The van der Waals surface area contributed by atoms with Gasteiger partial charge in [0.15, 0.2) is 0 Å². The molecule has 0 radical (unpaired) electrons. The van der Waals surface area contributed by atoms with E-state index in [0.29, 0.717) is 11.6 Å². The van der Waals surface area contributed by atoms with E-state index in [1.54, 1.807) is 18.0 Å². The van der Waals surface area contributed by atoms with E-state index in [0.717, 1.165) is 27.1 Å². The highest BCUT2D eigenvalue weighted by atomic mass is 35.5. The van der Waals surface area contributed by atoms with Crippen molar-refractivity contribution in [2.24, 2.45) is 5.11 Å². The van der Waals surface area contributed by atoms with Crippen LogP contribution in [0.3, 0.4) is 0 Å². The lowest BCUT2D eigenvalue weighted by molar-refractivity contribution is 0.656. The molecule has 3 rings (SSSR count). The fourth-order valence-electron chi connectivity index (χ4n) is 2.66. The zero-order valence-electron chi connectivity index (χ0n) is 15.1. The van der Waals surface area contributed by atoms with E-state index in [2.05, 4.69) is 33.4 Å². The van der Waals surface area contributed by atoms with Crippen molar-refractivity contribution in [3.05, 3.63) is 81.3 Å². The number of azide groups is 1. The summed E-state index contributed by atoms with van der Waals surface area (Å²) in [4.78, 5) is 13.1. The van der Waals surface area contributed by atoms with Crippen LogP contribution in [0, 0.1) is 0 Å². The molecule has 27 heavy (non-hydrogen) atoms. The maximum absolute atomic E-state index is 8.75. The van der Waals surface area contributed by atoms with Crippen molar-refractivity contribution in [1.82, 2.24) is 14.5 Å². The van der Waals surface area contributed by atoms with Gasteiger partial charge in [0, 0.05) is 21.0 Å². The molecule has 0 aliphatic heterocycles. The first kappa shape index (κ1) is 19.3. The molecule has 0 aliphatic carbocycles. The lowest BCUT2D eigenvalue weighted by Crippen LogP contribution is -2.07. The molecular formula is C19H19ClN6S. The van der Waals surface area contributed by atoms with Crippen molar-refractivity contribution in [3.8, 4) is 0 Å². The number of benzene rings is 1. The van der Waals surface area contributed by atoms with Gasteiger partial charge in [0.2, 0.25) is 0 Å². The molecule has 0 unspecified atom stereocenters. The Morgan fingerprint density at radius 1 is 1.26 bits per heavy atom. The van der Waals surface area contributed by atoms with E-state index in [1.807, 2.05) is 42.5 Å². The maximum atomic E-state index is 8.75. The van der Waals surface area contributed by atoms with Gasteiger partial charge >= 0.3 is 0 Å². The van der Waals surface area contributed by atoms with Crippen LogP contribution in [0.15, 0.2) is 63.7 Å². The van der Waals surface area contributed by atoms with Crippen molar-refractivity contribution < 1.29 is 0 Å². The first-order chi connectivity index (χ1) is 13.1. The Hall–Kier alpha value is -2.47. The Balaban J connectivity index is 2.09. The van der Waals surface area contributed by atoms with Crippen LogP contribution in [0.5, 0.6) is 0 Å². The topological polar surface area (TPSA) is 79.5 Å². The molecule has 0 saturated heterocycles. The number of nitrogens with zero attached hydrogens (tertiary/aromatic N) is 6. The third-order valence-electron chi connectivity index (χ3n) is 3.90. The van der Waals surface area contributed by atoms with Crippen molar-refractivity contribution in [2.45, 2.75) is 42.8 Å². The van der Waals surface area contributed by atoms with Gasteiger partial charge in [-0.25, -0.2) is 4.98 Å². The first-order valence-electron chi connectivity index (χ1n) is 8.52. The Labute approximate surface area is 167 Å². The van der Waals surface area contributed by atoms with Gasteiger partial charge in [-0.15, -0.1) is 0 Å². The van der Waals surface area contributed by atoms with Crippen molar-refractivity contribution in [2.75, 3.05) is 0 Å². The predicted molar refractivity (Wildman–Crippen MR) is 108 cm³/mol. The lowest BCUT2D eigenvalue weighted by Gasteiger charge is -2.13. The highest BCUT2D eigenvalue weighted by molar-refractivity contribution is 7.99. The highest BCUT2D eigenvalue weighted by Crippen LogP contribution is 2.36. The molecule has 0 saturated carbocycles. The summed E-state index contributed by atoms with van der Waals surface area (Å²) in [5, 5.41) is 5.43. The van der Waals surface area contributed by atoms with Crippen LogP contribution in [-0.4, -0.2) is 14.5 Å². The molecule has 0 amide bonds. The van der Waals surface area contributed by atoms with Crippen LogP contribution in [-0.2, 0) is 13.1 Å². The van der Waals surface area contributed by atoms with Crippen LogP contribution >= 0.6 is 23.4 Å². The minimum atomic E-state index is 0.194. The second-order valence-electron chi connectivity index (χ2n) is 6.23. The van der Waals surface area contributed by atoms with Crippen molar-refractivity contribution in [3.63, 3.8) is 0 Å². The zero-order chi connectivity index (χ0) is 19.2. The Morgan fingerprint density at radius 3 is 2.78 bits per heavy atom. The number of imidazole rings is 1. The van der Waals surface area contributed by atoms with Gasteiger partial charge in [-0.1, -0.05) is 54.5 Å². The van der Waals surface area contributed by atoms with Gasteiger partial charge in [-0.3, -0.25) is 4.98 Å². The summed E-state index contributed by atoms with van der Waals surface area (Å²) >= 11 is 7.77. The fourth-order valence-corrected chi connectivity index (χ4v) is 4.14. The predicted octanol–water partition coefficient (Wildman–Crippen LogP) is 6.06. The fraction of sp³-hybridized carbons (Fsp3) is 0.263. The van der Waals surface area contributed by atoms with E-state index >= 15 is 0 Å².